The third-order valence-corrected chi connectivity index (χ3v) is 7.62. The van der Waals surface area contributed by atoms with E-state index in [9.17, 15) is 41.0 Å². The number of alkyl halides is 6. The maximum atomic E-state index is 13.5. The van der Waals surface area contributed by atoms with Crippen LogP contribution in [0.4, 0.5) is 32.3 Å². The van der Waals surface area contributed by atoms with Gasteiger partial charge in [0.05, 0.1) is 5.56 Å². The standard InChI is InChI=1S/C30H24ClF6N5O4/c31-20-7-1-16(2-8-20)15-21(27(44)45)39-25(43)23-24(46-26(41-23)18-3-5-19(6-4-18)29(32,33)34)17-10-13-42(14-11-17)28-38-12-9-22(40-28)30(35,36)37/h1-9,12,17,21H,10-11,13-15H2,(H,39,43)(H,44,45). The second-order valence-corrected chi connectivity index (χ2v) is 10.9. The zero-order chi connectivity index (χ0) is 33.2. The third-order valence-electron chi connectivity index (χ3n) is 7.37. The van der Waals surface area contributed by atoms with Crippen molar-refractivity contribution >= 4 is 29.4 Å². The van der Waals surface area contributed by atoms with Gasteiger partial charge in [-0.05, 0) is 60.9 Å². The molecule has 1 fully saturated rings. The summed E-state index contributed by atoms with van der Waals surface area (Å²) in [6, 6.07) is 9.66. The lowest BCUT2D eigenvalue weighted by atomic mass is 9.93. The smallest absolute Gasteiger partial charge is 0.433 e. The Balaban J connectivity index is 1.41. The Bertz CT molecular complexity index is 1700. The van der Waals surface area contributed by atoms with Crippen LogP contribution in [-0.4, -0.2) is 51.1 Å². The molecule has 1 atom stereocenters. The number of hydrogen-bond donors (Lipinski definition) is 2. The number of anilines is 1. The summed E-state index contributed by atoms with van der Waals surface area (Å²) in [6.07, 6.45) is -7.81. The number of aliphatic carboxylic acids is 1. The molecule has 1 saturated heterocycles. The first-order valence-electron chi connectivity index (χ1n) is 13.8. The van der Waals surface area contributed by atoms with Gasteiger partial charge in [0.15, 0.2) is 5.69 Å². The lowest BCUT2D eigenvalue weighted by Gasteiger charge is -2.31. The number of carboxylic acids is 1. The fourth-order valence-corrected chi connectivity index (χ4v) is 5.11. The molecule has 1 unspecified atom stereocenters. The molecule has 1 aliphatic rings. The van der Waals surface area contributed by atoms with Gasteiger partial charge in [-0.2, -0.15) is 26.3 Å². The van der Waals surface area contributed by atoms with E-state index in [-0.39, 0.29) is 61.2 Å². The highest BCUT2D eigenvalue weighted by molar-refractivity contribution is 6.30. The van der Waals surface area contributed by atoms with E-state index in [4.69, 9.17) is 16.0 Å². The van der Waals surface area contributed by atoms with Crippen LogP contribution in [0.25, 0.3) is 11.5 Å². The zero-order valence-corrected chi connectivity index (χ0v) is 24.3. The number of carbonyl (C=O) groups excluding carboxylic acids is 1. The van der Waals surface area contributed by atoms with Crippen LogP contribution in [0.3, 0.4) is 0 Å². The fraction of sp³-hybridized carbons (Fsp3) is 0.300. The molecule has 2 aromatic carbocycles. The fourth-order valence-electron chi connectivity index (χ4n) is 4.98. The quantitative estimate of drug-likeness (QED) is 0.201. The number of oxazole rings is 1. The van der Waals surface area contributed by atoms with Crippen LogP contribution in [0.5, 0.6) is 0 Å². The second-order valence-electron chi connectivity index (χ2n) is 10.5. The number of amides is 1. The molecule has 9 nitrogen and oxygen atoms in total. The molecule has 16 heteroatoms. The van der Waals surface area contributed by atoms with Gasteiger partial charge in [-0.1, -0.05) is 23.7 Å². The average Bonchev–Trinajstić information content (AvgIpc) is 3.47. The van der Waals surface area contributed by atoms with Gasteiger partial charge < -0.3 is 19.7 Å². The summed E-state index contributed by atoms with van der Waals surface area (Å²) in [6.45, 7) is 0.356. The Kier molecular flexibility index (Phi) is 9.24. The van der Waals surface area contributed by atoms with E-state index < -0.39 is 47.4 Å². The number of halogens is 7. The molecule has 0 saturated carbocycles. The molecule has 0 bridgehead atoms. The van der Waals surface area contributed by atoms with Crippen LogP contribution in [0, 0.1) is 0 Å². The number of aromatic nitrogens is 3. The van der Waals surface area contributed by atoms with Crippen LogP contribution in [-0.2, 0) is 23.6 Å². The number of carbonyl (C=O) groups is 2. The predicted molar refractivity (Wildman–Crippen MR) is 152 cm³/mol. The Labute approximate surface area is 262 Å². The van der Waals surface area contributed by atoms with Crippen molar-refractivity contribution in [2.24, 2.45) is 0 Å². The van der Waals surface area contributed by atoms with E-state index in [0.29, 0.717) is 10.6 Å². The SMILES string of the molecule is O=C(NC(Cc1ccc(Cl)cc1)C(=O)O)c1nc(-c2ccc(C(F)(F)F)cc2)oc1C1CCN(c2nccc(C(F)(F)F)n2)CC1. The lowest BCUT2D eigenvalue weighted by molar-refractivity contribution is -0.141. The maximum absolute atomic E-state index is 13.5. The highest BCUT2D eigenvalue weighted by atomic mass is 35.5. The number of piperidine rings is 1. The number of nitrogens with zero attached hydrogens (tertiary/aromatic N) is 4. The van der Waals surface area contributed by atoms with Gasteiger partial charge in [-0.15, -0.1) is 0 Å². The van der Waals surface area contributed by atoms with Crippen LogP contribution < -0.4 is 10.2 Å². The molecule has 242 valence electrons. The van der Waals surface area contributed by atoms with Crippen molar-refractivity contribution in [2.45, 2.75) is 43.6 Å². The molecule has 1 amide bonds. The summed E-state index contributed by atoms with van der Waals surface area (Å²) in [5.74, 6) is -2.94. The largest absolute Gasteiger partial charge is 0.480 e. The number of benzene rings is 2. The Hall–Kier alpha value is -4.66. The molecule has 2 N–H and O–H groups in total. The summed E-state index contributed by atoms with van der Waals surface area (Å²) in [7, 11) is 0. The highest BCUT2D eigenvalue weighted by Crippen LogP contribution is 2.36. The molecule has 4 aromatic rings. The van der Waals surface area contributed by atoms with E-state index in [2.05, 4.69) is 20.3 Å². The van der Waals surface area contributed by atoms with E-state index >= 15 is 0 Å². The van der Waals surface area contributed by atoms with Crippen LogP contribution in [0.2, 0.25) is 5.02 Å². The minimum absolute atomic E-state index is 0.0626. The molecule has 1 aliphatic heterocycles. The first-order chi connectivity index (χ1) is 21.7. The molecule has 0 radical (unpaired) electrons. The van der Waals surface area contributed by atoms with Gasteiger partial charge in [0.25, 0.3) is 5.91 Å². The van der Waals surface area contributed by atoms with Gasteiger partial charge in [-0.3, -0.25) is 4.79 Å². The molecule has 2 aromatic heterocycles. The highest BCUT2D eigenvalue weighted by Gasteiger charge is 2.36. The minimum atomic E-state index is -4.66. The second kappa shape index (κ2) is 13.0. The van der Waals surface area contributed by atoms with Gasteiger partial charge >= 0.3 is 18.3 Å². The van der Waals surface area contributed by atoms with Crippen molar-refractivity contribution < 1.29 is 45.5 Å². The number of nitrogens with one attached hydrogen (secondary N) is 1. The van der Waals surface area contributed by atoms with Gasteiger partial charge in [0, 0.05) is 42.2 Å². The van der Waals surface area contributed by atoms with Gasteiger partial charge in [0.1, 0.15) is 17.5 Å². The predicted octanol–water partition coefficient (Wildman–Crippen LogP) is 6.63. The van der Waals surface area contributed by atoms with Gasteiger partial charge in [0.2, 0.25) is 11.8 Å². The normalized spacial score (nSPS) is 15.1. The first-order valence-corrected chi connectivity index (χ1v) is 14.2. The lowest BCUT2D eigenvalue weighted by Crippen LogP contribution is -2.43. The molecular weight excluding hydrogens is 644 g/mol. The van der Waals surface area contributed by atoms with E-state index in [1.54, 1.807) is 29.2 Å². The number of hydrogen-bond acceptors (Lipinski definition) is 7. The van der Waals surface area contributed by atoms with Crippen LogP contribution in [0.1, 0.15) is 51.8 Å². The van der Waals surface area contributed by atoms with Crippen molar-refractivity contribution in [2.75, 3.05) is 18.0 Å². The third kappa shape index (κ3) is 7.58. The zero-order valence-electron chi connectivity index (χ0n) is 23.6. The van der Waals surface area contributed by atoms with Crippen LogP contribution in [0.15, 0.2) is 65.2 Å². The molecule has 0 spiro atoms. The summed E-state index contributed by atoms with van der Waals surface area (Å²) < 4.78 is 84.8. The van der Waals surface area contributed by atoms with Crippen molar-refractivity contribution in [1.82, 2.24) is 20.3 Å². The van der Waals surface area contributed by atoms with Gasteiger partial charge in [-0.25, -0.2) is 19.7 Å². The van der Waals surface area contributed by atoms with Crippen molar-refractivity contribution in [3.05, 3.63) is 94.1 Å². The Morgan fingerprint density at radius 2 is 1.61 bits per heavy atom. The van der Waals surface area contributed by atoms with E-state index in [1.165, 1.54) is 0 Å². The molecular formula is C30H24ClF6N5O4. The number of rotatable bonds is 8. The minimum Gasteiger partial charge on any atom is -0.480 e. The Morgan fingerprint density at radius 3 is 2.20 bits per heavy atom. The van der Waals surface area contributed by atoms with E-state index in [0.717, 1.165) is 36.5 Å². The van der Waals surface area contributed by atoms with Crippen molar-refractivity contribution in [1.29, 1.82) is 0 Å². The van der Waals surface area contributed by atoms with Crippen molar-refractivity contribution in [3.63, 3.8) is 0 Å². The summed E-state index contributed by atoms with van der Waals surface area (Å²) >= 11 is 5.90. The molecule has 3 heterocycles. The van der Waals surface area contributed by atoms with Crippen LogP contribution >= 0.6 is 11.6 Å². The monoisotopic (exact) mass is 667 g/mol. The summed E-state index contributed by atoms with van der Waals surface area (Å²) in [5.41, 5.74) is -1.55. The summed E-state index contributed by atoms with van der Waals surface area (Å²) in [4.78, 5) is 38.9. The topological polar surface area (TPSA) is 121 Å². The maximum Gasteiger partial charge on any atom is 0.433 e. The first kappa shape index (κ1) is 32.7. The summed E-state index contributed by atoms with van der Waals surface area (Å²) in [5, 5.41) is 12.7. The average molecular weight is 668 g/mol. The number of carboxylic acid groups (broad SMARTS) is 1. The van der Waals surface area contributed by atoms with E-state index in [1.807, 2.05) is 0 Å². The molecule has 0 aliphatic carbocycles. The molecule has 5 rings (SSSR count). The molecule has 46 heavy (non-hydrogen) atoms. The van der Waals surface area contributed by atoms with Crippen molar-refractivity contribution in [3.8, 4) is 11.5 Å². The Morgan fingerprint density at radius 1 is 0.957 bits per heavy atom.